The standard InChI is InChI=1S/C16H23N3O3S/c1-17-16(19-10-13-3-2-8-23-13)18-6-7-20-12-4-5-14-15(9-12)22-11-21-14/h4-5,9,13H,2-3,6-8,10-11H2,1H3,(H2,17,18,19). The van der Waals surface area contributed by atoms with E-state index in [0.29, 0.717) is 18.4 Å². The number of benzene rings is 1. The molecule has 1 atom stereocenters. The van der Waals surface area contributed by atoms with E-state index in [4.69, 9.17) is 14.2 Å². The highest BCUT2D eigenvalue weighted by atomic mass is 32.2. The van der Waals surface area contributed by atoms with Crippen molar-refractivity contribution in [2.24, 2.45) is 4.99 Å². The van der Waals surface area contributed by atoms with Crippen LogP contribution in [0, 0.1) is 0 Å². The van der Waals surface area contributed by atoms with Crippen LogP contribution < -0.4 is 24.8 Å². The SMILES string of the molecule is CN=C(NCCOc1ccc2c(c1)OCO2)NCC1CCCS1. The second-order valence-corrected chi connectivity index (χ2v) is 6.79. The normalized spacial score (nSPS) is 19.7. The van der Waals surface area contributed by atoms with Crippen molar-refractivity contribution in [3.05, 3.63) is 18.2 Å². The molecule has 2 aliphatic heterocycles. The van der Waals surface area contributed by atoms with E-state index in [1.165, 1.54) is 18.6 Å². The molecule has 1 aromatic rings. The van der Waals surface area contributed by atoms with Gasteiger partial charge in [-0.2, -0.15) is 11.8 Å². The Morgan fingerprint density at radius 1 is 1.35 bits per heavy atom. The van der Waals surface area contributed by atoms with Crippen LogP contribution in [0.15, 0.2) is 23.2 Å². The van der Waals surface area contributed by atoms with Crippen molar-refractivity contribution in [2.75, 3.05) is 39.3 Å². The van der Waals surface area contributed by atoms with Crippen LogP contribution in [-0.4, -0.2) is 50.5 Å². The van der Waals surface area contributed by atoms with Gasteiger partial charge < -0.3 is 24.8 Å². The largest absolute Gasteiger partial charge is 0.492 e. The number of hydrogen-bond acceptors (Lipinski definition) is 5. The molecule has 2 aliphatic rings. The summed E-state index contributed by atoms with van der Waals surface area (Å²) in [4.78, 5) is 4.23. The van der Waals surface area contributed by atoms with Crippen molar-refractivity contribution >= 4 is 17.7 Å². The van der Waals surface area contributed by atoms with E-state index >= 15 is 0 Å². The van der Waals surface area contributed by atoms with Crippen molar-refractivity contribution in [3.63, 3.8) is 0 Å². The van der Waals surface area contributed by atoms with E-state index in [1.807, 2.05) is 30.0 Å². The molecule has 6 nitrogen and oxygen atoms in total. The molecule has 23 heavy (non-hydrogen) atoms. The Hall–Kier alpha value is -1.76. The Morgan fingerprint density at radius 3 is 3.09 bits per heavy atom. The lowest BCUT2D eigenvalue weighted by molar-refractivity contribution is 0.173. The van der Waals surface area contributed by atoms with Crippen LogP contribution in [0.25, 0.3) is 0 Å². The summed E-state index contributed by atoms with van der Waals surface area (Å²) >= 11 is 2.04. The van der Waals surface area contributed by atoms with Crippen molar-refractivity contribution in [1.82, 2.24) is 10.6 Å². The third-order valence-electron chi connectivity index (χ3n) is 3.75. The summed E-state index contributed by atoms with van der Waals surface area (Å²) in [5.41, 5.74) is 0. The molecule has 0 spiro atoms. The fourth-order valence-electron chi connectivity index (χ4n) is 2.54. The summed E-state index contributed by atoms with van der Waals surface area (Å²) < 4.78 is 16.3. The van der Waals surface area contributed by atoms with E-state index in [1.54, 1.807) is 7.05 Å². The molecular weight excluding hydrogens is 314 g/mol. The Bertz CT molecular complexity index is 547. The summed E-state index contributed by atoms with van der Waals surface area (Å²) in [6, 6.07) is 5.61. The van der Waals surface area contributed by atoms with Gasteiger partial charge in [0, 0.05) is 24.9 Å². The van der Waals surface area contributed by atoms with Gasteiger partial charge in [0.15, 0.2) is 17.5 Å². The first-order chi connectivity index (χ1) is 11.3. The van der Waals surface area contributed by atoms with Gasteiger partial charge in [0.1, 0.15) is 12.4 Å². The van der Waals surface area contributed by atoms with Crippen LogP contribution in [0.2, 0.25) is 0 Å². The number of nitrogens with zero attached hydrogens (tertiary/aromatic N) is 1. The van der Waals surface area contributed by atoms with Gasteiger partial charge in [-0.3, -0.25) is 4.99 Å². The Labute approximate surface area is 141 Å². The number of ether oxygens (including phenoxy) is 3. The third kappa shape index (κ3) is 4.60. The van der Waals surface area contributed by atoms with Gasteiger partial charge in [-0.25, -0.2) is 0 Å². The van der Waals surface area contributed by atoms with Gasteiger partial charge in [0.25, 0.3) is 0 Å². The number of fused-ring (bicyclic) bond motifs is 1. The predicted octanol–water partition coefficient (Wildman–Crippen LogP) is 1.85. The van der Waals surface area contributed by atoms with Gasteiger partial charge in [-0.05, 0) is 30.7 Å². The molecule has 1 unspecified atom stereocenters. The quantitative estimate of drug-likeness (QED) is 0.469. The maximum atomic E-state index is 5.72. The van der Waals surface area contributed by atoms with Crippen molar-refractivity contribution in [2.45, 2.75) is 18.1 Å². The second-order valence-electron chi connectivity index (χ2n) is 5.38. The van der Waals surface area contributed by atoms with Gasteiger partial charge in [0.05, 0.1) is 6.54 Å². The molecule has 0 bridgehead atoms. The van der Waals surface area contributed by atoms with Crippen LogP contribution >= 0.6 is 11.8 Å². The number of aliphatic imine (C=N–C) groups is 1. The van der Waals surface area contributed by atoms with E-state index < -0.39 is 0 Å². The van der Waals surface area contributed by atoms with Crippen LogP contribution in [-0.2, 0) is 0 Å². The lowest BCUT2D eigenvalue weighted by Gasteiger charge is -2.15. The van der Waals surface area contributed by atoms with Gasteiger partial charge in [0.2, 0.25) is 6.79 Å². The zero-order valence-electron chi connectivity index (χ0n) is 13.3. The van der Waals surface area contributed by atoms with Gasteiger partial charge in [-0.1, -0.05) is 0 Å². The molecule has 1 saturated heterocycles. The smallest absolute Gasteiger partial charge is 0.231 e. The van der Waals surface area contributed by atoms with Crippen molar-refractivity contribution in [3.8, 4) is 17.2 Å². The molecule has 7 heteroatoms. The molecule has 0 radical (unpaired) electrons. The Kier molecular flexibility index (Phi) is 5.74. The van der Waals surface area contributed by atoms with Crippen molar-refractivity contribution < 1.29 is 14.2 Å². The van der Waals surface area contributed by atoms with E-state index in [9.17, 15) is 0 Å². The van der Waals surface area contributed by atoms with Gasteiger partial charge >= 0.3 is 0 Å². The Balaban J connectivity index is 1.35. The molecule has 1 aromatic carbocycles. The molecule has 0 aromatic heterocycles. The second kappa shape index (κ2) is 8.19. The monoisotopic (exact) mass is 337 g/mol. The average Bonchev–Trinajstić information content (AvgIpc) is 3.25. The summed E-state index contributed by atoms with van der Waals surface area (Å²) in [5, 5.41) is 7.34. The van der Waals surface area contributed by atoms with Gasteiger partial charge in [-0.15, -0.1) is 0 Å². The van der Waals surface area contributed by atoms with Crippen LogP contribution in [0.5, 0.6) is 17.2 Å². The first-order valence-electron chi connectivity index (χ1n) is 7.94. The lowest BCUT2D eigenvalue weighted by atomic mass is 10.2. The third-order valence-corrected chi connectivity index (χ3v) is 5.15. The van der Waals surface area contributed by atoms with E-state index in [0.717, 1.165) is 29.8 Å². The number of nitrogens with one attached hydrogen (secondary N) is 2. The fraction of sp³-hybridized carbons (Fsp3) is 0.562. The fourth-order valence-corrected chi connectivity index (χ4v) is 3.74. The molecule has 0 saturated carbocycles. The molecule has 126 valence electrons. The van der Waals surface area contributed by atoms with Crippen LogP contribution in [0.1, 0.15) is 12.8 Å². The first-order valence-corrected chi connectivity index (χ1v) is 8.98. The van der Waals surface area contributed by atoms with Crippen LogP contribution in [0.4, 0.5) is 0 Å². The first kappa shape index (κ1) is 16.1. The minimum atomic E-state index is 0.279. The lowest BCUT2D eigenvalue weighted by Crippen LogP contribution is -2.41. The molecule has 2 N–H and O–H groups in total. The van der Waals surface area contributed by atoms with E-state index in [2.05, 4.69) is 15.6 Å². The maximum absolute atomic E-state index is 5.72. The summed E-state index contributed by atoms with van der Waals surface area (Å²) in [7, 11) is 1.79. The summed E-state index contributed by atoms with van der Waals surface area (Å²) in [6.45, 7) is 2.49. The molecule has 0 amide bonds. The van der Waals surface area contributed by atoms with E-state index in [-0.39, 0.29) is 6.79 Å². The highest BCUT2D eigenvalue weighted by Crippen LogP contribution is 2.34. The number of rotatable bonds is 6. The number of thioether (sulfide) groups is 1. The van der Waals surface area contributed by atoms with Crippen molar-refractivity contribution in [1.29, 1.82) is 0 Å². The molecular formula is C16H23N3O3S. The molecule has 2 heterocycles. The predicted molar refractivity (Wildman–Crippen MR) is 92.9 cm³/mol. The zero-order valence-corrected chi connectivity index (χ0v) is 14.2. The highest BCUT2D eigenvalue weighted by molar-refractivity contribution is 8.00. The highest BCUT2D eigenvalue weighted by Gasteiger charge is 2.15. The summed E-state index contributed by atoms with van der Waals surface area (Å²) in [5.74, 6) is 4.39. The Morgan fingerprint density at radius 2 is 2.26 bits per heavy atom. The van der Waals surface area contributed by atoms with Crippen LogP contribution in [0.3, 0.4) is 0 Å². The molecule has 1 fully saturated rings. The average molecular weight is 337 g/mol. The molecule has 3 rings (SSSR count). The maximum Gasteiger partial charge on any atom is 0.231 e. The number of hydrogen-bond donors (Lipinski definition) is 2. The summed E-state index contributed by atoms with van der Waals surface area (Å²) in [6.07, 6.45) is 2.62. The molecule has 0 aliphatic carbocycles. The zero-order chi connectivity index (χ0) is 15.9. The minimum absolute atomic E-state index is 0.279. The minimum Gasteiger partial charge on any atom is -0.492 e. The number of guanidine groups is 1. The topological polar surface area (TPSA) is 64.1 Å².